The SMILES string of the molecule is Cc1cc(F)ccc1C(=O)C1Cc2ccccc2CN1. The number of rotatable bonds is 2. The molecule has 3 heteroatoms. The maximum absolute atomic E-state index is 13.1. The molecule has 0 saturated heterocycles. The molecule has 0 amide bonds. The zero-order chi connectivity index (χ0) is 14.1. The Hall–Kier alpha value is -2.00. The van der Waals surface area contributed by atoms with Gasteiger partial charge >= 0.3 is 0 Å². The first kappa shape index (κ1) is 13.0. The molecule has 0 saturated carbocycles. The van der Waals surface area contributed by atoms with Gasteiger partial charge in [0.05, 0.1) is 6.04 Å². The minimum absolute atomic E-state index is 0.0389. The van der Waals surface area contributed by atoms with E-state index in [1.807, 2.05) is 12.1 Å². The monoisotopic (exact) mass is 269 g/mol. The van der Waals surface area contributed by atoms with Gasteiger partial charge in [0.2, 0.25) is 0 Å². The average molecular weight is 269 g/mol. The van der Waals surface area contributed by atoms with Crippen molar-refractivity contribution < 1.29 is 9.18 Å². The highest BCUT2D eigenvalue weighted by Gasteiger charge is 2.25. The van der Waals surface area contributed by atoms with Gasteiger partial charge in [-0.05, 0) is 48.2 Å². The first-order chi connectivity index (χ1) is 9.65. The molecule has 0 bridgehead atoms. The molecule has 2 aromatic carbocycles. The molecule has 1 aliphatic heterocycles. The molecule has 102 valence electrons. The Balaban J connectivity index is 1.86. The molecule has 2 aromatic rings. The first-order valence-corrected chi connectivity index (χ1v) is 6.75. The van der Waals surface area contributed by atoms with Gasteiger partial charge in [-0.2, -0.15) is 0 Å². The van der Waals surface area contributed by atoms with Crippen LogP contribution in [0.3, 0.4) is 0 Å². The molecule has 2 nitrogen and oxygen atoms in total. The topological polar surface area (TPSA) is 29.1 Å². The highest BCUT2D eigenvalue weighted by atomic mass is 19.1. The zero-order valence-electron chi connectivity index (χ0n) is 11.3. The maximum Gasteiger partial charge on any atom is 0.180 e. The van der Waals surface area contributed by atoms with Crippen molar-refractivity contribution in [2.75, 3.05) is 0 Å². The number of carbonyl (C=O) groups excluding carboxylic acids is 1. The minimum Gasteiger partial charge on any atom is -0.303 e. The molecule has 0 aromatic heterocycles. The van der Waals surface area contributed by atoms with Crippen LogP contribution in [-0.2, 0) is 13.0 Å². The predicted octanol–water partition coefficient (Wildman–Crippen LogP) is 3.03. The van der Waals surface area contributed by atoms with Crippen LogP contribution in [0.25, 0.3) is 0 Å². The molecule has 0 radical (unpaired) electrons. The number of hydrogen-bond donors (Lipinski definition) is 1. The summed E-state index contributed by atoms with van der Waals surface area (Å²) in [7, 11) is 0. The van der Waals surface area contributed by atoms with Gasteiger partial charge in [0.1, 0.15) is 5.82 Å². The van der Waals surface area contributed by atoms with E-state index in [2.05, 4.69) is 17.4 Å². The second-order valence-corrected chi connectivity index (χ2v) is 5.23. The Kier molecular flexibility index (Phi) is 3.36. The Morgan fingerprint density at radius 2 is 1.95 bits per heavy atom. The van der Waals surface area contributed by atoms with Gasteiger partial charge in [-0.1, -0.05) is 24.3 Å². The summed E-state index contributed by atoms with van der Waals surface area (Å²) in [6.07, 6.45) is 0.686. The third-order valence-corrected chi connectivity index (χ3v) is 3.85. The lowest BCUT2D eigenvalue weighted by molar-refractivity contribution is 0.0937. The summed E-state index contributed by atoms with van der Waals surface area (Å²) in [5.74, 6) is -0.266. The van der Waals surface area contributed by atoms with Crippen molar-refractivity contribution in [1.82, 2.24) is 5.32 Å². The summed E-state index contributed by atoms with van der Waals surface area (Å²) in [6, 6.07) is 12.2. The Morgan fingerprint density at radius 1 is 1.20 bits per heavy atom. The van der Waals surface area contributed by atoms with E-state index in [-0.39, 0.29) is 17.6 Å². The summed E-state index contributed by atoms with van der Waals surface area (Å²) in [4.78, 5) is 12.6. The molecule has 0 fully saturated rings. The van der Waals surface area contributed by atoms with Gasteiger partial charge in [-0.15, -0.1) is 0 Å². The summed E-state index contributed by atoms with van der Waals surface area (Å²) in [5, 5.41) is 3.27. The van der Waals surface area contributed by atoms with Crippen molar-refractivity contribution in [3.05, 3.63) is 70.5 Å². The summed E-state index contributed by atoms with van der Waals surface area (Å²) in [5.41, 5.74) is 3.75. The zero-order valence-corrected chi connectivity index (χ0v) is 11.3. The number of ketones is 1. The fourth-order valence-electron chi connectivity index (χ4n) is 2.73. The van der Waals surface area contributed by atoms with Gasteiger partial charge < -0.3 is 5.32 Å². The fraction of sp³-hybridized carbons (Fsp3) is 0.235. The molecule has 1 atom stereocenters. The minimum atomic E-state index is -0.305. The third kappa shape index (κ3) is 2.37. The smallest absolute Gasteiger partial charge is 0.180 e. The maximum atomic E-state index is 13.1. The van der Waals surface area contributed by atoms with Crippen LogP contribution < -0.4 is 5.32 Å². The van der Waals surface area contributed by atoms with E-state index in [1.54, 1.807) is 13.0 Å². The van der Waals surface area contributed by atoms with Crippen molar-refractivity contribution in [2.45, 2.75) is 25.9 Å². The first-order valence-electron chi connectivity index (χ1n) is 6.75. The van der Waals surface area contributed by atoms with E-state index in [0.29, 0.717) is 24.1 Å². The van der Waals surface area contributed by atoms with E-state index >= 15 is 0 Å². The highest BCUT2D eigenvalue weighted by Crippen LogP contribution is 2.20. The number of Topliss-reactive ketones (excluding diaryl/α,β-unsaturated/α-hetero) is 1. The van der Waals surface area contributed by atoms with Gasteiger partial charge in [-0.3, -0.25) is 4.79 Å². The van der Waals surface area contributed by atoms with Crippen LogP contribution in [0.4, 0.5) is 4.39 Å². The van der Waals surface area contributed by atoms with Gasteiger partial charge in [-0.25, -0.2) is 4.39 Å². The number of carbonyl (C=O) groups is 1. The van der Waals surface area contributed by atoms with Crippen molar-refractivity contribution in [3.63, 3.8) is 0 Å². The standard InChI is InChI=1S/C17H16FNO/c1-11-8-14(18)6-7-15(11)17(20)16-9-12-4-2-3-5-13(12)10-19-16/h2-8,16,19H,9-10H2,1H3. The van der Waals surface area contributed by atoms with Gasteiger partial charge in [0, 0.05) is 12.1 Å². The number of halogens is 1. The summed E-state index contributed by atoms with van der Waals surface area (Å²) >= 11 is 0. The van der Waals surface area contributed by atoms with E-state index < -0.39 is 0 Å². The van der Waals surface area contributed by atoms with Crippen molar-refractivity contribution in [2.24, 2.45) is 0 Å². The predicted molar refractivity (Wildman–Crippen MR) is 76.2 cm³/mol. The molecule has 1 unspecified atom stereocenters. The van der Waals surface area contributed by atoms with E-state index in [1.165, 1.54) is 23.3 Å². The number of fused-ring (bicyclic) bond motifs is 1. The third-order valence-electron chi connectivity index (χ3n) is 3.85. The Morgan fingerprint density at radius 3 is 2.70 bits per heavy atom. The van der Waals surface area contributed by atoms with Crippen LogP contribution in [-0.4, -0.2) is 11.8 Å². The quantitative estimate of drug-likeness (QED) is 0.849. The lowest BCUT2D eigenvalue weighted by atomic mass is 9.90. The molecule has 1 aliphatic rings. The summed E-state index contributed by atoms with van der Waals surface area (Å²) in [6.45, 7) is 2.47. The Labute approximate surface area is 117 Å². The van der Waals surface area contributed by atoms with E-state index in [4.69, 9.17) is 0 Å². The second-order valence-electron chi connectivity index (χ2n) is 5.23. The largest absolute Gasteiger partial charge is 0.303 e. The number of hydrogen-bond acceptors (Lipinski definition) is 2. The van der Waals surface area contributed by atoms with Crippen molar-refractivity contribution >= 4 is 5.78 Å². The molecular weight excluding hydrogens is 253 g/mol. The Bertz CT molecular complexity index is 666. The van der Waals surface area contributed by atoms with E-state index in [0.717, 1.165) is 0 Å². The van der Waals surface area contributed by atoms with Crippen molar-refractivity contribution in [3.8, 4) is 0 Å². The van der Waals surface area contributed by atoms with Crippen molar-refractivity contribution in [1.29, 1.82) is 0 Å². The van der Waals surface area contributed by atoms with E-state index in [9.17, 15) is 9.18 Å². The number of benzene rings is 2. The van der Waals surface area contributed by atoms with Crippen LogP contribution in [0, 0.1) is 12.7 Å². The van der Waals surface area contributed by atoms with Crippen LogP contribution in [0.1, 0.15) is 27.0 Å². The van der Waals surface area contributed by atoms with Crippen LogP contribution in [0.5, 0.6) is 0 Å². The van der Waals surface area contributed by atoms with Crippen LogP contribution in [0.15, 0.2) is 42.5 Å². The summed E-state index contributed by atoms with van der Waals surface area (Å²) < 4.78 is 13.1. The van der Waals surface area contributed by atoms with Gasteiger partial charge in [0.15, 0.2) is 5.78 Å². The number of nitrogens with one attached hydrogen (secondary N) is 1. The molecule has 1 N–H and O–H groups in total. The molecular formula is C17H16FNO. The van der Waals surface area contributed by atoms with Crippen LogP contribution in [0.2, 0.25) is 0 Å². The van der Waals surface area contributed by atoms with Crippen LogP contribution >= 0.6 is 0 Å². The second kappa shape index (κ2) is 5.17. The van der Waals surface area contributed by atoms with Gasteiger partial charge in [0.25, 0.3) is 0 Å². The average Bonchev–Trinajstić information content (AvgIpc) is 2.46. The number of aryl methyl sites for hydroxylation is 1. The molecule has 0 aliphatic carbocycles. The molecule has 1 heterocycles. The fourth-order valence-corrected chi connectivity index (χ4v) is 2.73. The molecule has 0 spiro atoms. The molecule has 20 heavy (non-hydrogen) atoms. The lowest BCUT2D eigenvalue weighted by Gasteiger charge is -2.25. The highest BCUT2D eigenvalue weighted by molar-refractivity contribution is 6.01. The lowest BCUT2D eigenvalue weighted by Crippen LogP contribution is -2.42. The molecule has 3 rings (SSSR count). The normalized spacial score (nSPS) is 17.6.